The van der Waals surface area contributed by atoms with Crippen LogP contribution in [0.15, 0.2) is 12.1 Å². The monoisotopic (exact) mass is 273 g/mol. The predicted molar refractivity (Wildman–Crippen MR) is 68.2 cm³/mol. The van der Waals surface area contributed by atoms with Crippen molar-refractivity contribution < 1.29 is 9.53 Å². The lowest BCUT2D eigenvalue weighted by molar-refractivity contribution is 0.0789. The Morgan fingerprint density at radius 2 is 1.82 bits per heavy atom. The third-order valence-corrected chi connectivity index (χ3v) is 3.48. The maximum atomic E-state index is 12.3. The van der Waals surface area contributed by atoms with Crippen LogP contribution in [0.4, 0.5) is 0 Å². The van der Waals surface area contributed by atoms with E-state index >= 15 is 0 Å². The number of methoxy groups -OCH3 is 1. The molecule has 5 heteroatoms. The second-order valence-electron chi connectivity index (χ2n) is 3.94. The first kappa shape index (κ1) is 12.5. The van der Waals surface area contributed by atoms with Crippen LogP contribution in [0.3, 0.4) is 0 Å². The summed E-state index contributed by atoms with van der Waals surface area (Å²) in [6, 6.07) is 3.25. The third kappa shape index (κ3) is 2.35. The molecule has 0 aromatic heterocycles. The Morgan fingerprint density at radius 1 is 1.24 bits per heavy atom. The highest BCUT2D eigenvalue weighted by atomic mass is 35.5. The summed E-state index contributed by atoms with van der Waals surface area (Å²) in [6.07, 6.45) is 2.07. The summed E-state index contributed by atoms with van der Waals surface area (Å²) in [5, 5.41) is 0.780. The minimum Gasteiger partial charge on any atom is -0.494 e. The van der Waals surface area contributed by atoms with Gasteiger partial charge >= 0.3 is 0 Å². The summed E-state index contributed by atoms with van der Waals surface area (Å²) in [7, 11) is 1.48. The van der Waals surface area contributed by atoms with Gasteiger partial charge in [0, 0.05) is 13.1 Å². The van der Waals surface area contributed by atoms with Crippen molar-refractivity contribution in [2.24, 2.45) is 0 Å². The van der Waals surface area contributed by atoms with Gasteiger partial charge in [0.2, 0.25) is 0 Å². The zero-order valence-corrected chi connectivity index (χ0v) is 11.0. The molecular weight excluding hydrogens is 261 g/mol. The average Bonchev–Trinajstić information content (AvgIpc) is 2.84. The summed E-state index contributed by atoms with van der Waals surface area (Å²) >= 11 is 12.1. The first-order chi connectivity index (χ1) is 8.15. The number of rotatable bonds is 2. The number of nitrogens with zero attached hydrogens (tertiary/aromatic N) is 1. The molecule has 0 atom stereocenters. The molecule has 1 aliphatic heterocycles. The van der Waals surface area contributed by atoms with Gasteiger partial charge in [-0.2, -0.15) is 0 Å². The van der Waals surface area contributed by atoms with Crippen LogP contribution in [0, 0.1) is 0 Å². The highest BCUT2D eigenvalue weighted by Crippen LogP contribution is 2.35. The maximum Gasteiger partial charge on any atom is 0.259 e. The number of carbonyl (C=O) groups excluding carboxylic acids is 1. The first-order valence-corrected chi connectivity index (χ1v) is 6.22. The van der Waals surface area contributed by atoms with E-state index in [-0.39, 0.29) is 5.91 Å². The van der Waals surface area contributed by atoms with E-state index < -0.39 is 0 Å². The molecule has 17 heavy (non-hydrogen) atoms. The van der Waals surface area contributed by atoms with Gasteiger partial charge in [0.15, 0.2) is 5.75 Å². The number of likely N-dealkylation sites (tertiary alicyclic amines) is 1. The summed E-state index contributed by atoms with van der Waals surface area (Å²) < 4.78 is 5.17. The Morgan fingerprint density at radius 3 is 2.41 bits per heavy atom. The first-order valence-electron chi connectivity index (χ1n) is 5.46. The molecular formula is C12H13Cl2NO2. The lowest BCUT2D eigenvalue weighted by atomic mass is 10.1. The Hall–Kier alpha value is -0.930. The Balaban J connectivity index is 2.42. The largest absolute Gasteiger partial charge is 0.494 e. The second-order valence-corrected chi connectivity index (χ2v) is 4.75. The molecule has 0 N–H and O–H groups in total. The molecule has 1 aromatic rings. The SMILES string of the molecule is COc1c(Cl)ccc(Cl)c1C(=O)N1CCCC1. The van der Waals surface area contributed by atoms with Gasteiger partial charge in [-0.1, -0.05) is 23.2 Å². The topological polar surface area (TPSA) is 29.5 Å². The molecule has 0 spiro atoms. The molecule has 1 aromatic carbocycles. The lowest BCUT2D eigenvalue weighted by Crippen LogP contribution is -2.28. The van der Waals surface area contributed by atoms with Crippen LogP contribution in [0.25, 0.3) is 0 Å². The molecule has 0 radical (unpaired) electrons. The third-order valence-electron chi connectivity index (χ3n) is 2.87. The van der Waals surface area contributed by atoms with Gasteiger partial charge in [0.1, 0.15) is 5.56 Å². The summed E-state index contributed by atoms with van der Waals surface area (Å²) in [5.74, 6) is 0.253. The number of halogens is 2. The molecule has 0 bridgehead atoms. The molecule has 0 aliphatic carbocycles. The van der Waals surface area contributed by atoms with E-state index in [0.717, 1.165) is 25.9 Å². The Bertz CT molecular complexity index is 442. The number of ether oxygens (including phenoxy) is 1. The molecule has 1 aliphatic rings. The van der Waals surface area contributed by atoms with Crippen LogP contribution >= 0.6 is 23.2 Å². The van der Waals surface area contributed by atoms with Crippen LogP contribution in [0.2, 0.25) is 10.0 Å². The Kier molecular flexibility index (Phi) is 3.79. The van der Waals surface area contributed by atoms with E-state index in [2.05, 4.69) is 0 Å². The lowest BCUT2D eigenvalue weighted by Gasteiger charge is -2.18. The van der Waals surface area contributed by atoms with Crippen molar-refractivity contribution in [1.29, 1.82) is 0 Å². The zero-order valence-electron chi connectivity index (χ0n) is 9.50. The number of hydrogen-bond donors (Lipinski definition) is 0. The molecule has 92 valence electrons. The molecule has 1 heterocycles. The number of hydrogen-bond acceptors (Lipinski definition) is 2. The van der Waals surface area contributed by atoms with Gasteiger partial charge in [0.05, 0.1) is 17.2 Å². The van der Waals surface area contributed by atoms with E-state index in [9.17, 15) is 4.79 Å². The quantitative estimate of drug-likeness (QED) is 0.828. The zero-order chi connectivity index (χ0) is 12.4. The van der Waals surface area contributed by atoms with Crippen molar-refractivity contribution in [3.63, 3.8) is 0 Å². The van der Waals surface area contributed by atoms with Gasteiger partial charge in [-0.15, -0.1) is 0 Å². The molecule has 3 nitrogen and oxygen atoms in total. The predicted octanol–water partition coefficient (Wildman–Crippen LogP) is 3.24. The second kappa shape index (κ2) is 5.15. The van der Waals surface area contributed by atoms with Crippen LogP contribution in [-0.4, -0.2) is 31.0 Å². The van der Waals surface area contributed by atoms with Gasteiger partial charge in [0.25, 0.3) is 5.91 Å². The van der Waals surface area contributed by atoms with Crippen molar-refractivity contribution in [2.75, 3.05) is 20.2 Å². The van der Waals surface area contributed by atoms with E-state index in [1.54, 1.807) is 17.0 Å². The molecule has 0 saturated carbocycles. The fourth-order valence-electron chi connectivity index (χ4n) is 2.01. The smallest absolute Gasteiger partial charge is 0.259 e. The summed E-state index contributed by atoms with van der Waals surface area (Å²) in [5.41, 5.74) is 0.364. The minimum atomic E-state index is -0.105. The van der Waals surface area contributed by atoms with Crippen LogP contribution < -0.4 is 4.74 Å². The van der Waals surface area contributed by atoms with E-state index in [1.165, 1.54) is 7.11 Å². The summed E-state index contributed by atoms with van der Waals surface area (Å²) in [6.45, 7) is 1.54. The molecule has 2 rings (SSSR count). The minimum absolute atomic E-state index is 0.105. The fourth-order valence-corrected chi connectivity index (χ4v) is 2.47. The van der Waals surface area contributed by atoms with E-state index in [1.807, 2.05) is 0 Å². The standard InChI is InChI=1S/C12H13Cl2NO2/c1-17-11-9(14)5-4-8(13)10(11)12(16)15-6-2-3-7-15/h4-5H,2-3,6-7H2,1H3. The number of carbonyl (C=O) groups is 1. The maximum absolute atomic E-state index is 12.3. The molecule has 1 saturated heterocycles. The summed E-state index contributed by atoms with van der Waals surface area (Å²) in [4.78, 5) is 14.1. The van der Waals surface area contributed by atoms with Gasteiger partial charge in [-0.05, 0) is 25.0 Å². The Labute approximate surface area is 110 Å². The van der Waals surface area contributed by atoms with Crippen molar-refractivity contribution in [2.45, 2.75) is 12.8 Å². The fraction of sp³-hybridized carbons (Fsp3) is 0.417. The van der Waals surface area contributed by atoms with E-state index in [4.69, 9.17) is 27.9 Å². The molecule has 1 amide bonds. The number of benzene rings is 1. The van der Waals surface area contributed by atoms with Gasteiger partial charge in [-0.25, -0.2) is 0 Å². The molecule has 0 unspecified atom stereocenters. The van der Waals surface area contributed by atoms with Gasteiger partial charge in [-0.3, -0.25) is 4.79 Å². The van der Waals surface area contributed by atoms with Gasteiger partial charge < -0.3 is 9.64 Å². The molecule has 1 fully saturated rings. The van der Waals surface area contributed by atoms with Crippen LogP contribution in [-0.2, 0) is 0 Å². The van der Waals surface area contributed by atoms with Crippen molar-refractivity contribution in [3.05, 3.63) is 27.7 Å². The number of amides is 1. The van der Waals surface area contributed by atoms with Crippen LogP contribution in [0.5, 0.6) is 5.75 Å². The highest BCUT2D eigenvalue weighted by Gasteiger charge is 2.26. The van der Waals surface area contributed by atoms with E-state index in [0.29, 0.717) is 21.4 Å². The van der Waals surface area contributed by atoms with Crippen molar-refractivity contribution in [3.8, 4) is 5.75 Å². The normalized spacial score (nSPS) is 15.1. The highest BCUT2D eigenvalue weighted by molar-refractivity contribution is 6.37. The van der Waals surface area contributed by atoms with Crippen molar-refractivity contribution >= 4 is 29.1 Å². The van der Waals surface area contributed by atoms with Crippen LogP contribution in [0.1, 0.15) is 23.2 Å². The average molecular weight is 274 g/mol. The van der Waals surface area contributed by atoms with Crippen molar-refractivity contribution in [1.82, 2.24) is 4.90 Å².